The van der Waals surface area contributed by atoms with Crippen molar-refractivity contribution in [2.24, 2.45) is 0 Å². The number of amides is 1. The number of benzene rings is 1. The maximum atomic E-state index is 11.4. The van der Waals surface area contributed by atoms with Crippen LogP contribution in [0.25, 0.3) is 0 Å². The first-order valence-electron chi connectivity index (χ1n) is 5.83. The third-order valence-electron chi connectivity index (χ3n) is 2.63. The molecule has 0 aliphatic rings. The van der Waals surface area contributed by atoms with Gasteiger partial charge in [0.1, 0.15) is 5.75 Å². The van der Waals surface area contributed by atoms with Gasteiger partial charge in [-0.2, -0.15) is 0 Å². The molecule has 1 atom stereocenters. The fourth-order valence-corrected chi connectivity index (χ4v) is 1.50. The Hall–Kier alpha value is -1.51. The van der Waals surface area contributed by atoms with Crippen molar-refractivity contribution < 1.29 is 9.53 Å². The minimum absolute atomic E-state index is 0.0790. The van der Waals surface area contributed by atoms with Crippen molar-refractivity contribution in [2.45, 2.75) is 39.2 Å². The Balaban J connectivity index is 2.83. The van der Waals surface area contributed by atoms with Crippen LogP contribution in [0.1, 0.15) is 33.3 Å². The van der Waals surface area contributed by atoms with E-state index in [0.29, 0.717) is 0 Å². The SMILES string of the molecule is CNC(=O)C(C)Oc1cccc(C(C)(C)C)c1. The number of rotatable bonds is 3. The molecule has 0 bridgehead atoms. The van der Waals surface area contributed by atoms with Crippen LogP contribution in [0.15, 0.2) is 24.3 Å². The predicted octanol–water partition coefficient (Wildman–Crippen LogP) is 2.50. The lowest BCUT2D eigenvalue weighted by Gasteiger charge is -2.20. The highest BCUT2D eigenvalue weighted by molar-refractivity contribution is 5.80. The lowest BCUT2D eigenvalue weighted by molar-refractivity contribution is -0.126. The molecule has 1 unspecified atom stereocenters. The van der Waals surface area contributed by atoms with E-state index in [1.54, 1.807) is 14.0 Å². The summed E-state index contributed by atoms with van der Waals surface area (Å²) >= 11 is 0. The third-order valence-corrected chi connectivity index (χ3v) is 2.63. The molecular formula is C14H21NO2. The lowest BCUT2D eigenvalue weighted by atomic mass is 9.87. The minimum Gasteiger partial charge on any atom is -0.481 e. The van der Waals surface area contributed by atoms with E-state index < -0.39 is 6.10 Å². The van der Waals surface area contributed by atoms with E-state index in [4.69, 9.17) is 4.74 Å². The predicted molar refractivity (Wildman–Crippen MR) is 69.3 cm³/mol. The number of hydrogen-bond donors (Lipinski definition) is 1. The first-order valence-corrected chi connectivity index (χ1v) is 5.83. The maximum Gasteiger partial charge on any atom is 0.260 e. The molecule has 0 spiro atoms. The van der Waals surface area contributed by atoms with Gasteiger partial charge in [-0.1, -0.05) is 32.9 Å². The van der Waals surface area contributed by atoms with Gasteiger partial charge in [-0.3, -0.25) is 4.79 Å². The minimum atomic E-state index is -0.477. The molecule has 94 valence electrons. The van der Waals surface area contributed by atoms with Gasteiger partial charge in [0.25, 0.3) is 5.91 Å². The van der Waals surface area contributed by atoms with E-state index in [2.05, 4.69) is 32.2 Å². The second kappa shape index (κ2) is 5.21. The fourth-order valence-electron chi connectivity index (χ4n) is 1.50. The van der Waals surface area contributed by atoms with Crippen molar-refractivity contribution in [1.82, 2.24) is 5.32 Å². The van der Waals surface area contributed by atoms with Crippen LogP contribution >= 0.6 is 0 Å². The van der Waals surface area contributed by atoms with Gasteiger partial charge in [0, 0.05) is 7.05 Å². The summed E-state index contributed by atoms with van der Waals surface area (Å²) in [4.78, 5) is 11.4. The average molecular weight is 235 g/mol. The molecule has 0 saturated carbocycles. The first kappa shape index (κ1) is 13.6. The van der Waals surface area contributed by atoms with Crippen LogP contribution in [0.3, 0.4) is 0 Å². The Labute approximate surface area is 103 Å². The number of carbonyl (C=O) groups excluding carboxylic acids is 1. The molecule has 0 saturated heterocycles. The molecule has 3 heteroatoms. The van der Waals surface area contributed by atoms with Gasteiger partial charge < -0.3 is 10.1 Å². The van der Waals surface area contributed by atoms with Gasteiger partial charge >= 0.3 is 0 Å². The van der Waals surface area contributed by atoms with Crippen molar-refractivity contribution in [3.05, 3.63) is 29.8 Å². The first-order chi connectivity index (χ1) is 7.84. The van der Waals surface area contributed by atoms with Crippen LogP contribution < -0.4 is 10.1 Å². The smallest absolute Gasteiger partial charge is 0.260 e. The summed E-state index contributed by atoms with van der Waals surface area (Å²) in [6.07, 6.45) is -0.477. The normalized spacial score (nSPS) is 13.0. The molecule has 17 heavy (non-hydrogen) atoms. The Morgan fingerprint density at radius 1 is 1.35 bits per heavy atom. The van der Waals surface area contributed by atoms with Crippen molar-refractivity contribution in [2.75, 3.05) is 7.05 Å². The molecule has 0 fully saturated rings. The van der Waals surface area contributed by atoms with E-state index in [1.165, 1.54) is 5.56 Å². The zero-order valence-electron chi connectivity index (χ0n) is 11.2. The summed E-state index contributed by atoms with van der Waals surface area (Å²) in [6.45, 7) is 8.18. The number of hydrogen-bond acceptors (Lipinski definition) is 2. The number of nitrogens with one attached hydrogen (secondary N) is 1. The van der Waals surface area contributed by atoms with E-state index in [0.717, 1.165) is 5.75 Å². The topological polar surface area (TPSA) is 38.3 Å². The standard InChI is InChI=1S/C14H21NO2/c1-10(13(16)15-5)17-12-8-6-7-11(9-12)14(2,3)4/h6-10H,1-5H3,(H,15,16). The fraction of sp³-hybridized carbons (Fsp3) is 0.500. The molecule has 1 aromatic rings. The van der Waals surface area contributed by atoms with Crippen molar-refractivity contribution in [1.29, 1.82) is 0 Å². The quantitative estimate of drug-likeness (QED) is 0.874. The largest absolute Gasteiger partial charge is 0.481 e. The Bertz CT molecular complexity index is 393. The van der Waals surface area contributed by atoms with Crippen molar-refractivity contribution in [3.8, 4) is 5.75 Å². The second-order valence-corrected chi connectivity index (χ2v) is 5.15. The van der Waals surface area contributed by atoms with Crippen LogP contribution in [-0.4, -0.2) is 19.1 Å². The monoisotopic (exact) mass is 235 g/mol. The van der Waals surface area contributed by atoms with Crippen molar-refractivity contribution in [3.63, 3.8) is 0 Å². The third kappa shape index (κ3) is 3.77. The Morgan fingerprint density at radius 3 is 2.53 bits per heavy atom. The molecule has 1 aromatic carbocycles. The van der Waals surface area contributed by atoms with E-state index in [-0.39, 0.29) is 11.3 Å². The molecular weight excluding hydrogens is 214 g/mol. The van der Waals surface area contributed by atoms with Gasteiger partial charge in [-0.15, -0.1) is 0 Å². The molecule has 0 aromatic heterocycles. The summed E-state index contributed by atoms with van der Waals surface area (Å²) in [6, 6.07) is 7.87. The summed E-state index contributed by atoms with van der Waals surface area (Å²) in [7, 11) is 1.60. The zero-order valence-corrected chi connectivity index (χ0v) is 11.2. The van der Waals surface area contributed by atoms with E-state index >= 15 is 0 Å². The van der Waals surface area contributed by atoms with Gasteiger partial charge in [0.2, 0.25) is 0 Å². The van der Waals surface area contributed by atoms with Gasteiger partial charge in [-0.25, -0.2) is 0 Å². The van der Waals surface area contributed by atoms with Gasteiger partial charge in [0.05, 0.1) is 0 Å². The highest BCUT2D eigenvalue weighted by Crippen LogP contribution is 2.25. The van der Waals surface area contributed by atoms with Crippen molar-refractivity contribution >= 4 is 5.91 Å². The second-order valence-electron chi connectivity index (χ2n) is 5.15. The molecule has 0 aliphatic heterocycles. The van der Waals surface area contributed by atoms with Crippen LogP contribution in [0, 0.1) is 0 Å². The summed E-state index contributed by atoms with van der Waals surface area (Å²) in [5.74, 6) is 0.611. The average Bonchev–Trinajstić information content (AvgIpc) is 2.27. The van der Waals surface area contributed by atoms with Crippen LogP contribution in [-0.2, 0) is 10.2 Å². The Kier molecular flexibility index (Phi) is 4.16. The summed E-state index contributed by atoms with van der Waals surface area (Å²) in [5.41, 5.74) is 1.27. The lowest BCUT2D eigenvalue weighted by Crippen LogP contribution is -2.33. The number of carbonyl (C=O) groups is 1. The highest BCUT2D eigenvalue weighted by atomic mass is 16.5. The molecule has 1 amide bonds. The van der Waals surface area contributed by atoms with E-state index in [1.807, 2.05) is 18.2 Å². The maximum absolute atomic E-state index is 11.4. The number of ether oxygens (including phenoxy) is 1. The molecule has 1 rings (SSSR count). The van der Waals surface area contributed by atoms with E-state index in [9.17, 15) is 4.79 Å². The molecule has 3 nitrogen and oxygen atoms in total. The van der Waals surface area contributed by atoms with Crippen LogP contribution in [0.5, 0.6) is 5.75 Å². The summed E-state index contributed by atoms with van der Waals surface area (Å²) < 4.78 is 5.59. The molecule has 0 heterocycles. The molecule has 0 radical (unpaired) electrons. The number of likely N-dealkylation sites (N-methyl/N-ethyl adjacent to an activating group) is 1. The van der Waals surface area contributed by atoms with Gasteiger partial charge in [0.15, 0.2) is 6.10 Å². The van der Waals surface area contributed by atoms with Gasteiger partial charge in [-0.05, 0) is 30.0 Å². The Morgan fingerprint density at radius 2 is 2.00 bits per heavy atom. The zero-order chi connectivity index (χ0) is 13.1. The van der Waals surface area contributed by atoms with Crippen LogP contribution in [0.2, 0.25) is 0 Å². The van der Waals surface area contributed by atoms with Crippen LogP contribution in [0.4, 0.5) is 0 Å². The molecule has 1 N–H and O–H groups in total. The highest BCUT2D eigenvalue weighted by Gasteiger charge is 2.16. The summed E-state index contributed by atoms with van der Waals surface area (Å²) in [5, 5.41) is 2.57. The molecule has 0 aliphatic carbocycles.